The van der Waals surface area contributed by atoms with Crippen molar-refractivity contribution in [1.29, 1.82) is 0 Å². The van der Waals surface area contributed by atoms with Crippen LogP contribution in [0.5, 0.6) is 5.75 Å². The first kappa shape index (κ1) is 18.1. The predicted molar refractivity (Wildman–Crippen MR) is 87.5 cm³/mol. The van der Waals surface area contributed by atoms with Gasteiger partial charge in [-0.3, -0.25) is 4.79 Å². The maximum absolute atomic E-state index is 12.0. The molecule has 0 saturated carbocycles. The van der Waals surface area contributed by atoms with Crippen molar-refractivity contribution in [3.05, 3.63) is 29.3 Å². The molecule has 1 atom stereocenters. The van der Waals surface area contributed by atoms with E-state index in [0.717, 1.165) is 19.5 Å². The van der Waals surface area contributed by atoms with Crippen LogP contribution >= 0.6 is 24.0 Å². The van der Waals surface area contributed by atoms with Crippen molar-refractivity contribution in [2.45, 2.75) is 25.3 Å². The van der Waals surface area contributed by atoms with E-state index in [1.54, 1.807) is 6.07 Å². The Hall–Kier alpha value is -0.970. The van der Waals surface area contributed by atoms with Crippen LogP contribution in [0.2, 0.25) is 5.02 Å². The van der Waals surface area contributed by atoms with Gasteiger partial charge in [-0.25, -0.2) is 0 Å². The second-order valence-electron chi connectivity index (χ2n) is 5.03. The number of hydrogen-bond acceptors (Lipinski definition) is 3. The fourth-order valence-electron chi connectivity index (χ4n) is 2.32. The van der Waals surface area contributed by atoms with E-state index in [1.807, 2.05) is 30.1 Å². The molecule has 1 fully saturated rings. The summed E-state index contributed by atoms with van der Waals surface area (Å²) in [6.45, 7) is 2.41. The zero-order valence-electron chi connectivity index (χ0n) is 12.2. The molecule has 2 rings (SSSR count). The van der Waals surface area contributed by atoms with Crippen LogP contribution in [0, 0.1) is 0 Å². The molecular formula is C15H22Cl2N2O2. The number of nitrogens with one attached hydrogen (secondary N) is 1. The fourth-order valence-corrected chi connectivity index (χ4v) is 2.51. The quantitative estimate of drug-likeness (QED) is 0.814. The second kappa shape index (κ2) is 9.13. The lowest BCUT2D eigenvalue weighted by atomic mass is 10.2. The summed E-state index contributed by atoms with van der Waals surface area (Å²) in [5.74, 6) is 0.858. The van der Waals surface area contributed by atoms with Gasteiger partial charge >= 0.3 is 0 Å². The molecule has 1 heterocycles. The molecule has 1 amide bonds. The minimum absolute atomic E-state index is 0. The molecule has 6 heteroatoms. The molecule has 118 valence electrons. The Morgan fingerprint density at radius 1 is 1.48 bits per heavy atom. The highest BCUT2D eigenvalue weighted by atomic mass is 35.5. The Kier molecular flexibility index (Phi) is 7.86. The molecule has 0 aliphatic carbocycles. The SMILES string of the molecule is CN(C(=O)CCCOc1ccccc1Cl)C1CCNC1.Cl. The van der Waals surface area contributed by atoms with Gasteiger partial charge in [-0.15, -0.1) is 12.4 Å². The van der Waals surface area contributed by atoms with Crippen LogP contribution in [0.25, 0.3) is 0 Å². The van der Waals surface area contributed by atoms with Gasteiger partial charge in [-0.2, -0.15) is 0 Å². The highest BCUT2D eigenvalue weighted by Crippen LogP contribution is 2.23. The zero-order chi connectivity index (χ0) is 14.4. The highest BCUT2D eigenvalue weighted by Gasteiger charge is 2.22. The number of ether oxygens (including phenoxy) is 1. The minimum Gasteiger partial charge on any atom is -0.492 e. The molecule has 1 N–H and O–H groups in total. The van der Waals surface area contributed by atoms with Crippen LogP contribution in [-0.4, -0.2) is 43.6 Å². The Morgan fingerprint density at radius 2 is 2.24 bits per heavy atom. The lowest BCUT2D eigenvalue weighted by Crippen LogP contribution is -2.38. The number of hydrogen-bond donors (Lipinski definition) is 1. The number of likely N-dealkylation sites (N-methyl/N-ethyl adjacent to an activating group) is 1. The van der Waals surface area contributed by atoms with E-state index >= 15 is 0 Å². The van der Waals surface area contributed by atoms with E-state index in [1.165, 1.54) is 0 Å². The molecular weight excluding hydrogens is 311 g/mol. The van der Waals surface area contributed by atoms with Gasteiger partial charge in [0.2, 0.25) is 5.91 Å². The van der Waals surface area contributed by atoms with E-state index in [0.29, 0.717) is 36.3 Å². The van der Waals surface area contributed by atoms with Gasteiger partial charge in [0, 0.05) is 26.1 Å². The second-order valence-corrected chi connectivity index (χ2v) is 5.44. The average molecular weight is 333 g/mol. The topological polar surface area (TPSA) is 41.6 Å². The number of halogens is 2. The largest absolute Gasteiger partial charge is 0.492 e. The summed E-state index contributed by atoms with van der Waals surface area (Å²) in [6, 6.07) is 7.71. The first-order valence-electron chi connectivity index (χ1n) is 7.02. The summed E-state index contributed by atoms with van der Waals surface area (Å²) in [6.07, 6.45) is 2.25. The summed E-state index contributed by atoms with van der Waals surface area (Å²) >= 11 is 6.00. The van der Waals surface area contributed by atoms with E-state index in [9.17, 15) is 4.79 Å². The summed E-state index contributed by atoms with van der Waals surface area (Å²) in [7, 11) is 1.88. The van der Waals surface area contributed by atoms with Crippen molar-refractivity contribution >= 4 is 29.9 Å². The third-order valence-corrected chi connectivity index (χ3v) is 3.92. The molecule has 0 aromatic heterocycles. The van der Waals surface area contributed by atoms with Crippen LogP contribution in [0.4, 0.5) is 0 Å². The van der Waals surface area contributed by atoms with E-state index in [2.05, 4.69) is 5.32 Å². The zero-order valence-corrected chi connectivity index (χ0v) is 13.8. The molecule has 1 unspecified atom stereocenters. The Labute approximate surface area is 137 Å². The van der Waals surface area contributed by atoms with E-state index in [4.69, 9.17) is 16.3 Å². The first-order valence-corrected chi connectivity index (χ1v) is 7.40. The molecule has 1 saturated heterocycles. The van der Waals surface area contributed by atoms with Gasteiger partial charge in [0.1, 0.15) is 5.75 Å². The van der Waals surface area contributed by atoms with Gasteiger partial charge < -0.3 is 15.0 Å². The highest BCUT2D eigenvalue weighted by molar-refractivity contribution is 6.32. The predicted octanol–water partition coefficient (Wildman–Crippen LogP) is 2.74. The number of para-hydroxylation sites is 1. The van der Waals surface area contributed by atoms with Gasteiger partial charge in [0.05, 0.1) is 11.6 Å². The summed E-state index contributed by atoms with van der Waals surface area (Å²) in [4.78, 5) is 13.9. The summed E-state index contributed by atoms with van der Waals surface area (Å²) in [5, 5.41) is 3.87. The molecule has 1 aromatic rings. The number of carbonyl (C=O) groups is 1. The van der Waals surface area contributed by atoms with Crippen LogP contribution in [0.15, 0.2) is 24.3 Å². The van der Waals surface area contributed by atoms with Crippen LogP contribution in [0.1, 0.15) is 19.3 Å². The number of carbonyl (C=O) groups excluding carboxylic acids is 1. The van der Waals surface area contributed by atoms with Crippen LogP contribution in [-0.2, 0) is 4.79 Å². The number of amides is 1. The molecule has 1 aliphatic heterocycles. The van der Waals surface area contributed by atoms with Crippen molar-refractivity contribution in [3.63, 3.8) is 0 Å². The molecule has 1 aromatic carbocycles. The summed E-state index contributed by atoms with van der Waals surface area (Å²) in [5.41, 5.74) is 0. The maximum atomic E-state index is 12.0. The monoisotopic (exact) mass is 332 g/mol. The van der Waals surface area contributed by atoms with Crippen molar-refractivity contribution in [2.75, 3.05) is 26.7 Å². The molecule has 4 nitrogen and oxygen atoms in total. The van der Waals surface area contributed by atoms with Crippen LogP contribution < -0.4 is 10.1 Å². The Bertz CT molecular complexity index is 451. The van der Waals surface area contributed by atoms with Crippen molar-refractivity contribution in [2.24, 2.45) is 0 Å². The third-order valence-electron chi connectivity index (χ3n) is 3.60. The molecule has 0 bridgehead atoms. The molecule has 1 aliphatic rings. The van der Waals surface area contributed by atoms with E-state index in [-0.39, 0.29) is 18.3 Å². The smallest absolute Gasteiger partial charge is 0.222 e. The number of rotatable bonds is 6. The standard InChI is InChI=1S/C15H21ClN2O2.ClH/c1-18(12-8-9-17-11-12)15(19)7-4-10-20-14-6-3-2-5-13(14)16;/h2-3,5-6,12,17H,4,7-11H2,1H3;1H. The van der Waals surface area contributed by atoms with Crippen molar-refractivity contribution in [1.82, 2.24) is 10.2 Å². The molecule has 21 heavy (non-hydrogen) atoms. The lowest BCUT2D eigenvalue weighted by molar-refractivity contribution is -0.131. The van der Waals surface area contributed by atoms with E-state index < -0.39 is 0 Å². The van der Waals surface area contributed by atoms with Crippen LogP contribution in [0.3, 0.4) is 0 Å². The third kappa shape index (κ3) is 5.38. The number of nitrogens with zero attached hydrogens (tertiary/aromatic N) is 1. The number of benzene rings is 1. The van der Waals surface area contributed by atoms with Crippen molar-refractivity contribution < 1.29 is 9.53 Å². The maximum Gasteiger partial charge on any atom is 0.222 e. The fraction of sp³-hybridized carbons (Fsp3) is 0.533. The van der Waals surface area contributed by atoms with Gasteiger partial charge in [0.15, 0.2) is 0 Å². The summed E-state index contributed by atoms with van der Waals surface area (Å²) < 4.78 is 5.58. The normalized spacial score (nSPS) is 17.1. The lowest BCUT2D eigenvalue weighted by Gasteiger charge is -2.23. The molecule has 0 spiro atoms. The average Bonchev–Trinajstić information content (AvgIpc) is 2.98. The Balaban J connectivity index is 0.00000220. The van der Waals surface area contributed by atoms with Crippen molar-refractivity contribution in [3.8, 4) is 5.75 Å². The molecule has 0 radical (unpaired) electrons. The first-order chi connectivity index (χ1) is 9.68. The van der Waals surface area contributed by atoms with Gasteiger partial charge in [0.25, 0.3) is 0 Å². The van der Waals surface area contributed by atoms with Gasteiger partial charge in [-0.1, -0.05) is 23.7 Å². The minimum atomic E-state index is 0. The Morgan fingerprint density at radius 3 is 2.90 bits per heavy atom. The van der Waals surface area contributed by atoms with Gasteiger partial charge in [-0.05, 0) is 31.5 Å².